The van der Waals surface area contributed by atoms with Crippen LogP contribution in [0.4, 0.5) is 0 Å². The average molecular weight is 510 g/mol. The molecule has 6 aromatic carbocycles. The van der Waals surface area contributed by atoms with Crippen molar-refractivity contribution in [3.63, 3.8) is 0 Å². The van der Waals surface area contributed by atoms with Crippen LogP contribution in [0.25, 0.3) is 61.2 Å². The summed E-state index contributed by atoms with van der Waals surface area (Å²) in [7, 11) is 0. The number of aromatic nitrogens is 1. The van der Waals surface area contributed by atoms with Crippen LogP contribution >= 0.6 is 0 Å². The third-order valence-corrected chi connectivity index (χ3v) is 8.21. The molecule has 0 fully saturated rings. The van der Waals surface area contributed by atoms with Gasteiger partial charge in [0.2, 0.25) is 0 Å². The van der Waals surface area contributed by atoms with Crippen LogP contribution < -0.4 is 0 Å². The van der Waals surface area contributed by atoms with E-state index in [4.69, 9.17) is 0 Å². The van der Waals surface area contributed by atoms with Gasteiger partial charge in [0.15, 0.2) is 0 Å². The van der Waals surface area contributed by atoms with Crippen LogP contribution in [-0.2, 0) is 6.42 Å². The fourth-order valence-corrected chi connectivity index (χ4v) is 6.40. The SMILES string of the molecule is c1ccc(-c2cc(-c3ccccc3)cc(-n3c4c(c5ccccc53)-c3ccccc3Cc3ccccc3-4)c2)cc1. The van der Waals surface area contributed by atoms with Crippen molar-refractivity contribution in [2.45, 2.75) is 6.42 Å². The molecule has 1 aliphatic carbocycles. The lowest BCUT2D eigenvalue weighted by Gasteiger charge is -2.17. The molecule has 0 radical (unpaired) electrons. The number of benzene rings is 6. The van der Waals surface area contributed by atoms with Gasteiger partial charge in [-0.2, -0.15) is 0 Å². The summed E-state index contributed by atoms with van der Waals surface area (Å²) < 4.78 is 2.50. The van der Waals surface area contributed by atoms with Gasteiger partial charge in [-0.1, -0.05) is 127 Å². The van der Waals surface area contributed by atoms with E-state index in [-0.39, 0.29) is 0 Å². The van der Waals surface area contributed by atoms with Crippen LogP contribution in [0.5, 0.6) is 0 Å². The summed E-state index contributed by atoms with van der Waals surface area (Å²) in [6.07, 6.45) is 0.925. The highest BCUT2D eigenvalue weighted by atomic mass is 15.0. The van der Waals surface area contributed by atoms with Gasteiger partial charge in [-0.3, -0.25) is 0 Å². The molecule has 0 saturated carbocycles. The Bertz CT molecular complexity index is 1950. The molecule has 0 spiro atoms. The van der Waals surface area contributed by atoms with Gasteiger partial charge in [-0.25, -0.2) is 0 Å². The van der Waals surface area contributed by atoms with Crippen LogP contribution in [0.15, 0.2) is 152 Å². The van der Waals surface area contributed by atoms with E-state index in [0.717, 1.165) is 6.42 Å². The molecular formula is C39H27N. The molecule has 7 aromatic rings. The number of para-hydroxylation sites is 1. The first-order valence-corrected chi connectivity index (χ1v) is 13.9. The number of rotatable bonds is 3. The van der Waals surface area contributed by atoms with E-state index >= 15 is 0 Å². The van der Waals surface area contributed by atoms with E-state index in [1.54, 1.807) is 0 Å². The van der Waals surface area contributed by atoms with Gasteiger partial charge < -0.3 is 4.57 Å². The highest BCUT2D eigenvalue weighted by Gasteiger charge is 2.27. The largest absolute Gasteiger partial charge is 0.309 e. The molecule has 8 rings (SSSR count). The van der Waals surface area contributed by atoms with Gasteiger partial charge in [-0.15, -0.1) is 0 Å². The van der Waals surface area contributed by atoms with E-state index in [1.807, 2.05) is 0 Å². The van der Waals surface area contributed by atoms with Crippen molar-refractivity contribution in [1.82, 2.24) is 4.57 Å². The summed E-state index contributed by atoms with van der Waals surface area (Å²) in [5.41, 5.74) is 15.2. The Morgan fingerprint density at radius 1 is 0.425 bits per heavy atom. The summed E-state index contributed by atoms with van der Waals surface area (Å²) >= 11 is 0. The molecule has 0 atom stereocenters. The highest BCUT2D eigenvalue weighted by molar-refractivity contribution is 6.07. The Morgan fingerprint density at radius 3 is 1.62 bits per heavy atom. The van der Waals surface area contributed by atoms with E-state index < -0.39 is 0 Å². The minimum Gasteiger partial charge on any atom is -0.309 e. The summed E-state index contributed by atoms with van der Waals surface area (Å²) in [4.78, 5) is 0. The molecule has 0 bridgehead atoms. The van der Waals surface area contributed by atoms with Gasteiger partial charge in [0.25, 0.3) is 0 Å². The lowest BCUT2D eigenvalue weighted by molar-refractivity contribution is 1.13. The van der Waals surface area contributed by atoms with Crippen LogP contribution in [0.2, 0.25) is 0 Å². The molecule has 0 aliphatic heterocycles. The topological polar surface area (TPSA) is 4.93 Å². The van der Waals surface area contributed by atoms with Crippen LogP contribution in [0, 0.1) is 0 Å². The van der Waals surface area contributed by atoms with Crippen LogP contribution in [-0.4, -0.2) is 4.57 Å². The maximum Gasteiger partial charge on any atom is 0.0622 e. The third kappa shape index (κ3) is 3.63. The molecule has 1 aliphatic rings. The van der Waals surface area contributed by atoms with Crippen molar-refractivity contribution in [1.29, 1.82) is 0 Å². The summed E-state index contributed by atoms with van der Waals surface area (Å²) in [6.45, 7) is 0. The first-order chi connectivity index (χ1) is 19.8. The molecule has 0 unspecified atom stereocenters. The Kier molecular flexibility index (Phi) is 5.28. The maximum atomic E-state index is 2.50. The molecule has 1 aromatic heterocycles. The molecule has 40 heavy (non-hydrogen) atoms. The van der Waals surface area contributed by atoms with Crippen molar-refractivity contribution < 1.29 is 0 Å². The van der Waals surface area contributed by atoms with E-state index in [9.17, 15) is 0 Å². The second kappa shape index (κ2) is 9.25. The van der Waals surface area contributed by atoms with E-state index in [0.29, 0.717) is 0 Å². The molecule has 0 amide bonds. The molecule has 1 heterocycles. The smallest absolute Gasteiger partial charge is 0.0622 e. The van der Waals surface area contributed by atoms with E-state index in [1.165, 1.54) is 72.4 Å². The van der Waals surface area contributed by atoms with Gasteiger partial charge >= 0.3 is 0 Å². The zero-order valence-corrected chi connectivity index (χ0v) is 22.1. The molecular weight excluding hydrogens is 482 g/mol. The highest BCUT2D eigenvalue weighted by Crippen LogP contribution is 2.48. The standard InChI is InChI=1S/C39H27N/c1-3-13-27(14-4-1)31-24-32(28-15-5-2-6-16-28)26-33(25-31)40-37-22-12-11-21-36(37)38-34-19-9-7-17-29(34)23-30-18-8-10-20-35(30)39(38)40/h1-22,24-26H,23H2. The van der Waals surface area contributed by atoms with Gasteiger partial charge in [0, 0.05) is 22.2 Å². The lowest BCUT2D eigenvalue weighted by Crippen LogP contribution is -2.00. The fourth-order valence-electron chi connectivity index (χ4n) is 6.40. The first-order valence-electron chi connectivity index (χ1n) is 13.9. The zero-order valence-electron chi connectivity index (χ0n) is 22.1. The summed E-state index contributed by atoms with van der Waals surface area (Å²) in [6, 6.07) is 55.2. The maximum absolute atomic E-state index is 2.50. The normalized spacial score (nSPS) is 11.9. The minimum absolute atomic E-state index is 0.925. The Balaban J connectivity index is 1.52. The van der Waals surface area contributed by atoms with Crippen molar-refractivity contribution >= 4 is 10.9 Å². The van der Waals surface area contributed by atoms with Crippen molar-refractivity contribution in [2.24, 2.45) is 0 Å². The Labute approximate surface area is 234 Å². The molecule has 1 nitrogen and oxygen atoms in total. The minimum atomic E-state index is 0.925. The van der Waals surface area contributed by atoms with Crippen molar-refractivity contribution in [2.75, 3.05) is 0 Å². The van der Waals surface area contributed by atoms with Crippen molar-refractivity contribution in [3.8, 4) is 50.3 Å². The van der Waals surface area contributed by atoms with Gasteiger partial charge in [-0.05, 0) is 69.6 Å². The average Bonchev–Trinajstić information content (AvgIpc) is 3.29. The summed E-state index contributed by atoms with van der Waals surface area (Å²) in [5, 5.41) is 1.29. The first kappa shape index (κ1) is 22.8. The predicted octanol–water partition coefficient (Wildman–Crippen LogP) is 10.2. The number of fused-ring (bicyclic) bond motifs is 7. The fraction of sp³-hybridized carbons (Fsp3) is 0.0256. The Morgan fingerprint density at radius 2 is 0.950 bits per heavy atom. The summed E-state index contributed by atoms with van der Waals surface area (Å²) in [5.74, 6) is 0. The lowest BCUT2D eigenvalue weighted by atomic mass is 9.97. The van der Waals surface area contributed by atoms with Gasteiger partial charge in [0.05, 0.1) is 11.2 Å². The van der Waals surface area contributed by atoms with E-state index in [2.05, 4.69) is 156 Å². The molecule has 188 valence electrons. The quantitative estimate of drug-likeness (QED) is 0.223. The number of hydrogen-bond donors (Lipinski definition) is 0. The molecule has 0 N–H and O–H groups in total. The number of nitrogens with zero attached hydrogens (tertiary/aromatic N) is 1. The van der Waals surface area contributed by atoms with Gasteiger partial charge in [0.1, 0.15) is 0 Å². The molecule has 1 heteroatoms. The monoisotopic (exact) mass is 509 g/mol. The third-order valence-electron chi connectivity index (χ3n) is 8.21. The number of hydrogen-bond acceptors (Lipinski definition) is 0. The second-order valence-electron chi connectivity index (χ2n) is 10.6. The predicted molar refractivity (Wildman–Crippen MR) is 168 cm³/mol. The van der Waals surface area contributed by atoms with Crippen LogP contribution in [0.3, 0.4) is 0 Å². The Hall–Kier alpha value is -5.14. The second-order valence-corrected chi connectivity index (χ2v) is 10.6. The zero-order chi connectivity index (χ0) is 26.5. The molecule has 0 saturated heterocycles. The van der Waals surface area contributed by atoms with Crippen LogP contribution in [0.1, 0.15) is 11.1 Å². The van der Waals surface area contributed by atoms with Crippen molar-refractivity contribution in [3.05, 3.63) is 163 Å².